The number of fused-ring (bicyclic) bond motifs is 1. The Balaban J connectivity index is 1.60. The van der Waals surface area contributed by atoms with Gasteiger partial charge in [-0.25, -0.2) is 13.1 Å². The molecule has 2 aromatic carbocycles. The number of nitrogens with one attached hydrogen (secondary N) is 1. The largest absolute Gasteiger partial charge is 0.394 e. The van der Waals surface area contributed by atoms with E-state index >= 15 is 0 Å². The van der Waals surface area contributed by atoms with Crippen molar-refractivity contribution in [3.05, 3.63) is 59.1 Å². The highest BCUT2D eigenvalue weighted by atomic mass is 32.2. The minimum absolute atomic E-state index is 0.388. The molecule has 10 heteroatoms. The summed E-state index contributed by atoms with van der Waals surface area (Å²) in [7, 11) is -2.33. The van der Waals surface area contributed by atoms with E-state index in [2.05, 4.69) is 40.0 Å². The lowest BCUT2D eigenvalue weighted by Crippen LogP contribution is -2.36. The molecule has 1 fully saturated rings. The van der Waals surface area contributed by atoms with Crippen molar-refractivity contribution < 1.29 is 23.4 Å². The van der Waals surface area contributed by atoms with E-state index < -0.39 is 27.6 Å². The Labute approximate surface area is 204 Å². The van der Waals surface area contributed by atoms with Crippen LogP contribution in [0.3, 0.4) is 0 Å². The molecule has 1 unspecified atom stereocenters. The lowest BCUT2D eigenvalue weighted by Gasteiger charge is -2.29. The fourth-order valence-electron chi connectivity index (χ4n) is 4.02. The molecular weight excluding hydrogens is 468 g/mol. The van der Waals surface area contributed by atoms with Gasteiger partial charge < -0.3 is 24.4 Å². The third-order valence-electron chi connectivity index (χ3n) is 6.05. The fourth-order valence-corrected chi connectivity index (χ4v) is 4.99. The van der Waals surface area contributed by atoms with Crippen LogP contribution in [0, 0.1) is 11.3 Å². The Morgan fingerprint density at radius 2 is 1.89 bits per heavy atom. The first-order chi connectivity index (χ1) is 16.8. The summed E-state index contributed by atoms with van der Waals surface area (Å²) < 4.78 is 34.3. The third-order valence-corrected chi connectivity index (χ3v) is 7.39. The molecule has 2 heterocycles. The van der Waals surface area contributed by atoms with E-state index in [1.807, 2.05) is 16.7 Å². The quantitative estimate of drug-likeness (QED) is 0.406. The molecule has 184 valence electrons. The summed E-state index contributed by atoms with van der Waals surface area (Å²) in [4.78, 5) is 1.83. The number of rotatable bonds is 8. The van der Waals surface area contributed by atoms with E-state index in [0.29, 0.717) is 5.69 Å². The van der Waals surface area contributed by atoms with E-state index in [4.69, 9.17) is 9.84 Å². The number of nitrogens with zero attached hydrogens (tertiary/aromatic N) is 3. The van der Waals surface area contributed by atoms with Crippen LogP contribution >= 0.6 is 0 Å². The molecule has 9 nitrogen and oxygen atoms in total. The standard InChI is InChI=1S/C25H28N4O5S/c1-28-21(14-24(15-26)35(32,33)27-16-23(31)17-30)6-7-25(28)20-3-2-19-13-22(5-4-18(19)12-20)29-8-10-34-11-9-29/h2-7,12-14,23,27,30-31H,8-11,16-17H2,1H3/b24-14+. The SMILES string of the molecule is Cn1c(/C=C(\C#N)S(=O)(=O)NCC(O)CO)ccc1-c1ccc2cc(N3CCOCC3)ccc2c1. The Kier molecular flexibility index (Phi) is 7.54. The molecule has 0 saturated carbocycles. The number of aliphatic hydroxyl groups excluding tert-OH is 2. The van der Waals surface area contributed by atoms with E-state index in [1.54, 1.807) is 19.2 Å². The number of nitriles is 1. The van der Waals surface area contributed by atoms with Crippen LogP contribution in [0.15, 0.2) is 53.4 Å². The number of morpholine rings is 1. The van der Waals surface area contributed by atoms with E-state index in [9.17, 15) is 18.8 Å². The van der Waals surface area contributed by atoms with Crippen LogP contribution in [-0.4, -0.2) is 68.8 Å². The second-order valence-electron chi connectivity index (χ2n) is 8.36. The summed E-state index contributed by atoms with van der Waals surface area (Å²) in [5, 5.41) is 29.9. The van der Waals surface area contributed by atoms with Gasteiger partial charge >= 0.3 is 0 Å². The van der Waals surface area contributed by atoms with E-state index in [1.165, 1.54) is 11.8 Å². The molecule has 0 radical (unpaired) electrons. The van der Waals surface area contributed by atoms with Gasteiger partial charge in [0.1, 0.15) is 6.07 Å². The molecule has 1 saturated heterocycles. The number of ether oxygens (including phenoxy) is 1. The van der Waals surface area contributed by atoms with Gasteiger partial charge in [-0.15, -0.1) is 0 Å². The summed E-state index contributed by atoms with van der Waals surface area (Å²) >= 11 is 0. The van der Waals surface area contributed by atoms with Gasteiger partial charge in [-0.2, -0.15) is 5.26 Å². The van der Waals surface area contributed by atoms with Crippen molar-refractivity contribution in [3.63, 3.8) is 0 Å². The summed E-state index contributed by atoms with van der Waals surface area (Å²) in [6.07, 6.45) is 0.0384. The molecule has 3 N–H and O–H groups in total. The number of aromatic nitrogens is 1. The molecule has 0 aliphatic carbocycles. The number of allylic oxidation sites excluding steroid dienone is 1. The van der Waals surface area contributed by atoms with Crippen LogP contribution in [0.25, 0.3) is 28.1 Å². The molecule has 3 aromatic rings. The minimum Gasteiger partial charge on any atom is -0.394 e. The predicted molar refractivity (Wildman–Crippen MR) is 135 cm³/mol. The first-order valence-electron chi connectivity index (χ1n) is 11.3. The number of anilines is 1. The maximum Gasteiger partial charge on any atom is 0.250 e. The summed E-state index contributed by atoms with van der Waals surface area (Å²) in [5.41, 5.74) is 3.54. The molecular formula is C25H28N4O5S. The second-order valence-corrected chi connectivity index (χ2v) is 10.1. The van der Waals surface area contributed by atoms with E-state index in [-0.39, 0.29) is 6.54 Å². The normalized spacial score (nSPS) is 15.8. The third kappa shape index (κ3) is 5.56. The van der Waals surface area contributed by atoms with Crippen LogP contribution in [0.4, 0.5) is 5.69 Å². The number of hydrogen-bond acceptors (Lipinski definition) is 7. The van der Waals surface area contributed by atoms with Crippen LogP contribution < -0.4 is 9.62 Å². The highest BCUT2D eigenvalue weighted by Gasteiger charge is 2.20. The molecule has 0 spiro atoms. The van der Waals surface area contributed by atoms with Crippen molar-refractivity contribution >= 4 is 32.6 Å². The monoisotopic (exact) mass is 496 g/mol. The van der Waals surface area contributed by atoms with Crippen molar-refractivity contribution in [3.8, 4) is 17.3 Å². The molecule has 4 rings (SSSR count). The highest BCUT2D eigenvalue weighted by Crippen LogP contribution is 2.29. The Morgan fingerprint density at radius 1 is 1.17 bits per heavy atom. The van der Waals surface area contributed by atoms with Gasteiger partial charge in [0.2, 0.25) is 0 Å². The van der Waals surface area contributed by atoms with Crippen molar-refractivity contribution in [2.75, 3.05) is 44.4 Å². The van der Waals surface area contributed by atoms with Crippen molar-refractivity contribution in [1.29, 1.82) is 5.26 Å². The van der Waals surface area contributed by atoms with Gasteiger partial charge in [0.15, 0.2) is 4.91 Å². The second kappa shape index (κ2) is 10.6. The van der Waals surface area contributed by atoms with Gasteiger partial charge in [-0.3, -0.25) is 0 Å². The zero-order valence-corrected chi connectivity index (χ0v) is 20.2. The van der Waals surface area contributed by atoms with Crippen molar-refractivity contribution in [2.24, 2.45) is 7.05 Å². The van der Waals surface area contributed by atoms with Crippen LogP contribution in [0.1, 0.15) is 5.69 Å². The smallest absolute Gasteiger partial charge is 0.250 e. The molecule has 1 aliphatic rings. The molecule has 1 atom stereocenters. The number of benzene rings is 2. The molecule has 1 aromatic heterocycles. The molecule has 0 bridgehead atoms. The first kappa shape index (κ1) is 24.9. The van der Waals surface area contributed by atoms with Crippen LogP contribution in [0.2, 0.25) is 0 Å². The maximum atomic E-state index is 12.4. The average molecular weight is 497 g/mol. The summed E-state index contributed by atoms with van der Waals surface area (Å²) in [6.45, 7) is 2.24. The molecule has 1 aliphatic heterocycles. The topological polar surface area (TPSA) is 128 Å². The summed E-state index contributed by atoms with van der Waals surface area (Å²) in [5.74, 6) is 0. The van der Waals surface area contributed by atoms with Gasteiger partial charge in [-0.05, 0) is 52.7 Å². The van der Waals surface area contributed by atoms with Gasteiger partial charge in [-0.1, -0.05) is 18.2 Å². The fraction of sp³-hybridized carbons (Fsp3) is 0.320. The lowest BCUT2D eigenvalue weighted by molar-refractivity contribution is 0.0989. The Hall–Kier alpha value is -3.20. The average Bonchev–Trinajstić information content (AvgIpc) is 3.25. The van der Waals surface area contributed by atoms with E-state index in [0.717, 1.165) is 48.3 Å². The molecule has 35 heavy (non-hydrogen) atoms. The number of sulfonamides is 1. The Morgan fingerprint density at radius 3 is 2.60 bits per heavy atom. The van der Waals surface area contributed by atoms with Crippen molar-refractivity contribution in [1.82, 2.24) is 9.29 Å². The first-order valence-corrected chi connectivity index (χ1v) is 12.7. The Bertz CT molecular complexity index is 1380. The zero-order chi connectivity index (χ0) is 25.0. The summed E-state index contributed by atoms with van der Waals surface area (Å²) in [6, 6.07) is 17.9. The van der Waals surface area contributed by atoms with Crippen molar-refractivity contribution in [2.45, 2.75) is 6.10 Å². The van der Waals surface area contributed by atoms with Gasteiger partial charge in [0.25, 0.3) is 10.0 Å². The minimum atomic E-state index is -4.14. The zero-order valence-electron chi connectivity index (χ0n) is 19.4. The van der Waals surface area contributed by atoms with Gasteiger partial charge in [0, 0.05) is 43.8 Å². The van der Waals surface area contributed by atoms with Crippen LogP contribution in [0.5, 0.6) is 0 Å². The number of hydrogen-bond donors (Lipinski definition) is 3. The van der Waals surface area contributed by atoms with Gasteiger partial charge in [0.05, 0.1) is 25.9 Å². The lowest BCUT2D eigenvalue weighted by atomic mass is 10.0. The van der Waals surface area contributed by atoms with Crippen LogP contribution in [-0.2, 0) is 21.8 Å². The number of aliphatic hydroxyl groups is 2. The highest BCUT2D eigenvalue weighted by molar-refractivity contribution is 7.93. The predicted octanol–water partition coefficient (Wildman–Crippen LogP) is 1.82. The maximum absolute atomic E-state index is 12.4. The molecule has 0 amide bonds.